The number of hydrogen-bond donors (Lipinski definition) is 2. The predicted octanol–water partition coefficient (Wildman–Crippen LogP) is 3.03. The summed E-state index contributed by atoms with van der Waals surface area (Å²) in [4.78, 5) is 23.1. The van der Waals surface area contributed by atoms with Gasteiger partial charge in [0.25, 0.3) is 5.91 Å². The molecule has 1 aromatic carbocycles. The van der Waals surface area contributed by atoms with Crippen LogP contribution in [0.2, 0.25) is 10.0 Å². The van der Waals surface area contributed by atoms with Gasteiger partial charge in [-0.3, -0.25) is 9.59 Å². The lowest BCUT2D eigenvalue weighted by molar-refractivity contribution is -0.121. The van der Waals surface area contributed by atoms with Gasteiger partial charge in [-0.2, -0.15) is 0 Å². The summed E-state index contributed by atoms with van der Waals surface area (Å²) in [5.74, 6) is -0.234. The van der Waals surface area contributed by atoms with E-state index in [1.165, 1.54) is 6.07 Å². The van der Waals surface area contributed by atoms with Crippen LogP contribution in [0.1, 0.15) is 36.5 Å². The summed E-state index contributed by atoms with van der Waals surface area (Å²) in [6.45, 7) is 2.82. The Bertz CT molecular complexity index is 478. The van der Waals surface area contributed by atoms with Gasteiger partial charge in [0.15, 0.2) is 0 Å². The Morgan fingerprint density at radius 1 is 1.10 bits per heavy atom. The molecule has 2 amide bonds. The van der Waals surface area contributed by atoms with Crippen molar-refractivity contribution in [3.8, 4) is 0 Å². The van der Waals surface area contributed by atoms with Gasteiger partial charge in [-0.25, -0.2) is 0 Å². The van der Waals surface area contributed by atoms with Crippen LogP contribution in [0.3, 0.4) is 0 Å². The first-order chi connectivity index (χ1) is 9.54. The number of carbonyl (C=O) groups excluding carboxylic acids is 2. The third-order valence-corrected chi connectivity index (χ3v) is 3.41. The Balaban J connectivity index is 2.29. The van der Waals surface area contributed by atoms with Crippen LogP contribution in [0.4, 0.5) is 0 Å². The Labute approximate surface area is 128 Å². The largest absolute Gasteiger partial charge is 0.354 e. The van der Waals surface area contributed by atoms with Crippen LogP contribution in [-0.2, 0) is 4.79 Å². The number of nitrogens with one attached hydrogen (secondary N) is 2. The van der Waals surface area contributed by atoms with E-state index in [2.05, 4.69) is 10.6 Å². The molecule has 0 saturated carbocycles. The lowest BCUT2D eigenvalue weighted by Gasteiger charge is -2.07. The Morgan fingerprint density at radius 3 is 2.45 bits per heavy atom. The highest BCUT2D eigenvalue weighted by Crippen LogP contribution is 2.22. The quantitative estimate of drug-likeness (QED) is 0.760. The normalized spacial score (nSPS) is 10.2. The number of carbonyl (C=O) groups is 2. The van der Waals surface area contributed by atoms with Gasteiger partial charge in [0.2, 0.25) is 5.91 Å². The minimum Gasteiger partial charge on any atom is -0.354 e. The molecule has 6 heteroatoms. The van der Waals surface area contributed by atoms with Crippen LogP contribution < -0.4 is 10.6 Å². The van der Waals surface area contributed by atoms with Gasteiger partial charge in [-0.05, 0) is 24.6 Å². The standard InChI is InChI=1S/C14H18Cl2N2O2/c1-2-3-4-13(19)17-7-8-18-14(20)10-5-6-11(15)12(16)9-10/h5-6,9H,2-4,7-8H2,1H3,(H,17,19)(H,18,20). The molecule has 0 spiro atoms. The van der Waals surface area contributed by atoms with E-state index in [1.807, 2.05) is 6.92 Å². The molecular formula is C14H18Cl2N2O2. The highest BCUT2D eigenvalue weighted by molar-refractivity contribution is 6.42. The zero-order valence-electron chi connectivity index (χ0n) is 11.3. The third kappa shape index (κ3) is 5.80. The van der Waals surface area contributed by atoms with Crippen molar-refractivity contribution in [2.75, 3.05) is 13.1 Å². The van der Waals surface area contributed by atoms with E-state index in [0.717, 1.165) is 12.8 Å². The number of unbranched alkanes of at least 4 members (excludes halogenated alkanes) is 1. The maximum absolute atomic E-state index is 11.8. The lowest BCUT2D eigenvalue weighted by Crippen LogP contribution is -2.34. The zero-order valence-corrected chi connectivity index (χ0v) is 12.9. The first-order valence-corrected chi connectivity index (χ1v) is 7.30. The van der Waals surface area contributed by atoms with Gasteiger partial charge in [0.1, 0.15) is 0 Å². The van der Waals surface area contributed by atoms with Crippen molar-refractivity contribution in [3.63, 3.8) is 0 Å². The number of amides is 2. The lowest BCUT2D eigenvalue weighted by atomic mass is 10.2. The molecule has 0 unspecified atom stereocenters. The van der Waals surface area contributed by atoms with E-state index in [9.17, 15) is 9.59 Å². The summed E-state index contributed by atoms with van der Waals surface area (Å²) in [7, 11) is 0. The average Bonchev–Trinajstić information content (AvgIpc) is 2.44. The second-order valence-electron chi connectivity index (χ2n) is 4.34. The van der Waals surface area contributed by atoms with Crippen LogP contribution in [-0.4, -0.2) is 24.9 Å². The SMILES string of the molecule is CCCCC(=O)NCCNC(=O)c1ccc(Cl)c(Cl)c1. The first kappa shape index (κ1) is 16.8. The number of benzene rings is 1. The fourth-order valence-electron chi connectivity index (χ4n) is 1.54. The van der Waals surface area contributed by atoms with Crippen molar-refractivity contribution in [3.05, 3.63) is 33.8 Å². The molecule has 0 bridgehead atoms. The van der Waals surface area contributed by atoms with E-state index < -0.39 is 0 Å². The van der Waals surface area contributed by atoms with E-state index >= 15 is 0 Å². The van der Waals surface area contributed by atoms with Crippen molar-refractivity contribution in [1.82, 2.24) is 10.6 Å². The fraction of sp³-hybridized carbons (Fsp3) is 0.429. The molecule has 0 radical (unpaired) electrons. The van der Waals surface area contributed by atoms with Crippen LogP contribution >= 0.6 is 23.2 Å². The second-order valence-corrected chi connectivity index (χ2v) is 5.15. The van der Waals surface area contributed by atoms with Crippen molar-refractivity contribution in [1.29, 1.82) is 0 Å². The van der Waals surface area contributed by atoms with Crippen molar-refractivity contribution in [2.24, 2.45) is 0 Å². The summed E-state index contributed by atoms with van der Waals surface area (Å²) in [6.07, 6.45) is 2.39. The molecule has 0 aliphatic carbocycles. The molecule has 1 rings (SSSR count). The Morgan fingerprint density at radius 2 is 1.80 bits per heavy atom. The monoisotopic (exact) mass is 316 g/mol. The molecule has 0 atom stereocenters. The molecule has 0 aliphatic heterocycles. The van der Waals surface area contributed by atoms with Crippen molar-refractivity contribution < 1.29 is 9.59 Å². The molecule has 0 fully saturated rings. The maximum atomic E-state index is 11.8. The van der Waals surface area contributed by atoms with Crippen LogP contribution in [0.5, 0.6) is 0 Å². The predicted molar refractivity (Wildman–Crippen MR) is 81.3 cm³/mol. The van der Waals surface area contributed by atoms with E-state index in [0.29, 0.717) is 35.1 Å². The number of rotatable bonds is 7. The van der Waals surface area contributed by atoms with Crippen LogP contribution in [0, 0.1) is 0 Å². The molecule has 4 nitrogen and oxygen atoms in total. The maximum Gasteiger partial charge on any atom is 0.251 e. The fourth-order valence-corrected chi connectivity index (χ4v) is 1.84. The molecule has 0 aliphatic rings. The highest BCUT2D eigenvalue weighted by atomic mass is 35.5. The summed E-state index contributed by atoms with van der Waals surface area (Å²) in [6, 6.07) is 4.69. The van der Waals surface area contributed by atoms with Crippen molar-refractivity contribution >= 4 is 35.0 Å². The first-order valence-electron chi connectivity index (χ1n) is 6.54. The van der Waals surface area contributed by atoms with Crippen molar-refractivity contribution in [2.45, 2.75) is 26.2 Å². The van der Waals surface area contributed by atoms with Gasteiger partial charge < -0.3 is 10.6 Å². The van der Waals surface area contributed by atoms with Gasteiger partial charge in [0.05, 0.1) is 10.0 Å². The summed E-state index contributed by atoms with van der Waals surface area (Å²) in [5, 5.41) is 6.19. The Hall–Kier alpha value is -1.26. The summed E-state index contributed by atoms with van der Waals surface area (Å²) >= 11 is 11.6. The molecule has 0 saturated heterocycles. The highest BCUT2D eigenvalue weighted by Gasteiger charge is 2.07. The molecule has 1 aromatic rings. The van der Waals surface area contributed by atoms with Gasteiger partial charge in [-0.15, -0.1) is 0 Å². The summed E-state index contributed by atoms with van der Waals surface area (Å²) in [5.41, 5.74) is 0.441. The van der Waals surface area contributed by atoms with E-state index in [1.54, 1.807) is 12.1 Å². The molecule has 110 valence electrons. The minimum absolute atomic E-state index is 0.00985. The van der Waals surface area contributed by atoms with Crippen LogP contribution in [0.15, 0.2) is 18.2 Å². The minimum atomic E-state index is -0.244. The Kier molecular flexibility index (Phi) is 7.41. The molecule has 0 aromatic heterocycles. The molecule has 0 heterocycles. The van der Waals surface area contributed by atoms with Gasteiger partial charge in [-0.1, -0.05) is 36.5 Å². The smallest absolute Gasteiger partial charge is 0.251 e. The van der Waals surface area contributed by atoms with E-state index in [-0.39, 0.29) is 11.8 Å². The molecular weight excluding hydrogens is 299 g/mol. The van der Waals surface area contributed by atoms with Gasteiger partial charge in [0, 0.05) is 25.1 Å². The zero-order chi connectivity index (χ0) is 15.0. The average molecular weight is 317 g/mol. The summed E-state index contributed by atoms with van der Waals surface area (Å²) < 4.78 is 0. The second kappa shape index (κ2) is 8.82. The third-order valence-electron chi connectivity index (χ3n) is 2.67. The van der Waals surface area contributed by atoms with E-state index in [4.69, 9.17) is 23.2 Å². The molecule has 2 N–H and O–H groups in total. The van der Waals surface area contributed by atoms with Crippen LogP contribution in [0.25, 0.3) is 0 Å². The molecule has 20 heavy (non-hydrogen) atoms. The number of halogens is 2. The number of hydrogen-bond acceptors (Lipinski definition) is 2. The topological polar surface area (TPSA) is 58.2 Å². The van der Waals surface area contributed by atoms with Gasteiger partial charge >= 0.3 is 0 Å².